The van der Waals surface area contributed by atoms with Gasteiger partial charge in [0.2, 0.25) is 5.91 Å². The number of hydrogen-bond donors (Lipinski definition) is 2. The molecule has 3 amide bonds. The smallest absolute Gasteiger partial charge is 0.325 e. The van der Waals surface area contributed by atoms with Crippen LogP contribution >= 0.6 is 0 Å². The predicted octanol–water partition coefficient (Wildman–Crippen LogP) is 0.611. The Bertz CT molecular complexity index is 685. The van der Waals surface area contributed by atoms with Gasteiger partial charge in [-0.2, -0.15) is 0 Å². The maximum absolute atomic E-state index is 12.1. The highest BCUT2D eigenvalue weighted by atomic mass is 16.5. The number of ether oxygens (including phenoxy) is 1. The quantitative estimate of drug-likeness (QED) is 0.693. The molecular weight excluding hydrogens is 338 g/mol. The monoisotopic (exact) mass is 361 g/mol. The SMILES string of the molecule is CC(C)NC(=O)COC(=O)CNC(=O)c1ccc(N2CCCC2=O)cc1. The maximum atomic E-state index is 12.1. The standard InChI is InChI=1S/C18H23N3O5/c1-12(2)20-15(22)11-26-17(24)10-19-18(25)13-5-7-14(8-6-13)21-9-3-4-16(21)23/h5-8,12H,3-4,9-11H2,1-2H3,(H,19,25)(H,20,22). The summed E-state index contributed by atoms with van der Waals surface area (Å²) < 4.78 is 4.78. The average Bonchev–Trinajstić information content (AvgIpc) is 3.03. The van der Waals surface area contributed by atoms with Crippen LogP contribution < -0.4 is 15.5 Å². The number of hydrogen-bond acceptors (Lipinski definition) is 5. The lowest BCUT2D eigenvalue weighted by molar-refractivity contribution is -0.147. The number of esters is 1. The fourth-order valence-electron chi connectivity index (χ4n) is 2.53. The first-order valence-electron chi connectivity index (χ1n) is 8.50. The minimum Gasteiger partial charge on any atom is -0.454 e. The van der Waals surface area contributed by atoms with Crippen molar-refractivity contribution < 1.29 is 23.9 Å². The molecule has 0 unspecified atom stereocenters. The summed E-state index contributed by atoms with van der Waals surface area (Å²) in [6.07, 6.45) is 1.37. The number of nitrogens with one attached hydrogen (secondary N) is 2. The maximum Gasteiger partial charge on any atom is 0.325 e. The Morgan fingerprint density at radius 1 is 1.19 bits per heavy atom. The van der Waals surface area contributed by atoms with E-state index in [1.807, 2.05) is 0 Å². The molecule has 2 rings (SSSR count). The first-order chi connectivity index (χ1) is 12.4. The second-order valence-corrected chi connectivity index (χ2v) is 6.26. The van der Waals surface area contributed by atoms with Gasteiger partial charge in [-0.1, -0.05) is 0 Å². The first kappa shape index (κ1) is 19.4. The summed E-state index contributed by atoms with van der Waals surface area (Å²) in [5, 5.41) is 5.02. The Morgan fingerprint density at radius 2 is 1.88 bits per heavy atom. The second kappa shape index (κ2) is 8.98. The third-order valence-electron chi connectivity index (χ3n) is 3.72. The minimum absolute atomic E-state index is 0.0419. The van der Waals surface area contributed by atoms with Gasteiger partial charge in [-0.05, 0) is 44.5 Å². The predicted molar refractivity (Wildman–Crippen MR) is 94.6 cm³/mol. The van der Waals surface area contributed by atoms with Crippen molar-refractivity contribution in [2.24, 2.45) is 0 Å². The van der Waals surface area contributed by atoms with Crippen molar-refractivity contribution in [2.45, 2.75) is 32.7 Å². The lowest BCUT2D eigenvalue weighted by Gasteiger charge is -2.15. The van der Waals surface area contributed by atoms with E-state index in [0.717, 1.165) is 12.1 Å². The molecular formula is C18H23N3O5. The second-order valence-electron chi connectivity index (χ2n) is 6.26. The Balaban J connectivity index is 1.78. The Hall–Kier alpha value is -2.90. The molecule has 0 radical (unpaired) electrons. The number of nitrogens with zero attached hydrogens (tertiary/aromatic N) is 1. The summed E-state index contributed by atoms with van der Waals surface area (Å²) >= 11 is 0. The van der Waals surface area contributed by atoms with Crippen molar-refractivity contribution in [3.63, 3.8) is 0 Å². The molecule has 0 atom stereocenters. The Kier molecular flexibility index (Phi) is 6.71. The van der Waals surface area contributed by atoms with E-state index in [-0.39, 0.29) is 25.1 Å². The molecule has 1 aromatic rings. The highest BCUT2D eigenvalue weighted by molar-refractivity contribution is 5.98. The molecule has 1 aliphatic rings. The van der Waals surface area contributed by atoms with Crippen LogP contribution in [0.2, 0.25) is 0 Å². The molecule has 2 N–H and O–H groups in total. The van der Waals surface area contributed by atoms with Crippen molar-refractivity contribution >= 4 is 29.4 Å². The molecule has 0 spiro atoms. The largest absolute Gasteiger partial charge is 0.454 e. The number of benzene rings is 1. The van der Waals surface area contributed by atoms with Crippen molar-refractivity contribution in [3.05, 3.63) is 29.8 Å². The number of carbonyl (C=O) groups excluding carboxylic acids is 4. The molecule has 8 heteroatoms. The van der Waals surface area contributed by atoms with Gasteiger partial charge in [-0.3, -0.25) is 19.2 Å². The molecule has 1 aliphatic heterocycles. The van der Waals surface area contributed by atoms with Gasteiger partial charge >= 0.3 is 5.97 Å². The summed E-state index contributed by atoms with van der Waals surface area (Å²) in [6, 6.07) is 6.55. The van der Waals surface area contributed by atoms with Gasteiger partial charge in [0.15, 0.2) is 6.61 Å². The lowest BCUT2D eigenvalue weighted by Crippen LogP contribution is -2.36. The zero-order valence-corrected chi connectivity index (χ0v) is 14.9. The molecule has 0 aliphatic carbocycles. The number of carbonyl (C=O) groups is 4. The van der Waals surface area contributed by atoms with Crippen LogP contribution in [0.3, 0.4) is 0 Å². The van der Waals surface area contributed by atoms with Crippen LogP contribution in [-0.4, -0.2) is 49.4 Å². The molecule has 1 fully saturated rings. The summed E-state index contributed by atoms with van der Waals surface area (Å²) in [5.74, 6) is -1.46. The summed E-state index contributed by atoms with van der Waals surface area (Å²) in [4.78, 5) is 48.4. The minimum atomic E-state index is -0.698. The fourth-order valence-corrected chi connectivity index (χ4v) is 2.53. The average molecular weight is 361 g/mol. The van der Waals surface area contributed by atoms with Crippen LogP contribution in [0, 0.1) is 0 Å². The van der Waals surface area contributed by atoms with Crippen LogP contribution in [0.4, 0.5) is 5.69 Å². The van der Waals surface area contributed by atoms with E-state index in [0.29, 0.717) is 18.5 Å². The molecule has 140 valence electrons. The number of anilines is 1. The molecule has 8 nitrogen and oxygen atoms in total. The van der Waals surface area contributed by atoms with Gasteiger partial charge in [0, 0.05) is 30.3 Å². The fraction of sp³-hybridized carbons (Fsp3) is 0.444. The molecule has 1 heterocycles. The van der Waals surface area contributed by atoms with Crippen LogP contribution in [0.25, 0.3) is 0 Å². The Labute approximate surface area is 151 Å². The van der Waals surface area contributed by atoms with E-state index < -0.39 is 17.8 Å². The van der Waals surface area contributed by atoms with E-state index in [1.54, 1.807) is 43.0 Å². The number of amides is 3. The van der Waals surface area contributed by atoms with E-state index in [1.165, 1.54) is 0 Å². The van der Waals surface area contributed by atoms with Gasteiger partial charge in [-0.15, -0.1) is 0 Å². The van der Waals surface area contributed by atoms with E-state index in [9.17, 15) is 19.2 Å². The number of rotatable bonds is 7. The molecule has 0 bridgehead atoms. The first-order valence-corrected chi connectivity index (χ1v) is 8.50. The lowest BCUT2D eigenvalue weighted by atomic mass is 10.2. The van der Waals surface area contributed by atoms with Crippen molar-refractivity contribution in [1.29, 1.82) is 0 Å². The van der Waals surface area contributed by atoms with Gasteiger partial charge in [0.05, 0.1) is 0 Å². The van der Waals surface area contributed by atoms with Crippen LogP contribution in [0.5, 0.6) is 0 Å². The molecule has 1 saturated heterocycles. The van der Waals surface area contributed by atoms with Crippen LogP contribution in [-0.2, 0) is 19.1 Å². The summed E-state index contributed by atoms with van der Waals surface area (Å²) in [5.41, 5.74) is 1.12. The van der Waals surface area contributed by atoms with Crippen molar-refractivity contribution in [3.8, 4) is 0 Å². The highest BCUT2D eigenvalue weighted by Gasteiger charge is 2.21. The molecule has 0 aromatic heterocycles. The third kappa shape index (κ3) is 5.58. The topological polar surface area (TPSA) is 105 Å². The summed E-state index contributed by atoms with van der Waals surface area (Å²) in [7, 11) is 0. The van der Waals surface area contributed by atoms with Gasteiger partial charge in [0.25, 0.3) is 11.8 Å². The molecule has 1 aromatic carbocycles. The Morgan fingerprint density at radius 3 is 2.46 bits per heavy atom. The van der Waals surface area contributed by atoms with Gasteiger partial charge < -0.3 is 20.3 Å². The van der Waals surface area contributed by atoms with Crippen molar-refractivity contribution in [2.75, 3.05) is 24.6 Å². The van der Waals surface area contributed by atoms with Gasteiger partial charge in [0.1, 0.15) is 6.54 Å². The van der Waals surface area contributed by atoms with Crippen LogP contribution in [0.1, 0.15) is 37.0 Å². The van der Waals surface area contributed by atoms with E-state index in [4.69, 9.17) is 4.74 Å². The third-order valence-corrected chi connectivity index (χ3v) is 3.72. The zero-order valence-electron chi connectivity index (χ0n) is 14.9. The van der Waals surface area contributed by atoms with E-state index in [2.05, 4.69) is 10.6 Å². The normalized spacial score (nSPS) is 13.7. The zero-order chi connectivity index (χ0) is 19.1. The van der Waals surface area contributed by atoms with E-state index >= 15 is 0 Å². The molecule has 26 heavy (non-hydrogen) atoms. The van der Waals surface area contributed by atoms with Crippen molar-refractivity contribution in [1.82, 2.24) is 10.6 Å². The molecule has 0 saturated carbocycles. The van der Waals surface area contributed by atoms with Gasteiger partial charge in [-0.25, -0.2) is 0 Å². The summed E-state index contributed by atoms with van der Waals surface area (Å²) in [6.45, 7) is 3.56. The highest BCUT2D eigenvalue weighted by Crippen LogP contribution is 2.21. The van der Waals surface area contributed by atoms with Crippen LogP contribution in [0.15, 0.2) is 24.3 Å².